The lowest BCUT2D eigenvalue weighted by atomic mass is 9.84. The van der Waals surface area contributed by atoms with Crippen molar-refractivity contribution in [2.75, 3.05) is 6.54 Å². The maximum Gasteiger partial charge on any atom is 0.221 e. The highest BCUT2D eigenvalue weighted by molar-refractivity contribution is 5.76. The molecule has 1 heterocycles. The monoisotopic (exact) mass is 264 g/mol. The predicted molar refractivity (Wildman–Crippen MR) is 76.8 cm³/mol. The van der Waals surface area contributed by atoms with Crippen LogP contribution in [0, 0.1) is 17.8 Å². The minimum Gasteiger partial charge on any atom is -0.353 e. The fourth-order valence-corrected chi connectivity index (χ4v) is 4.65. The Morgan fingerprint density at radius 2 is 2.16 bits per heavy atom. The summed E-state index contributed by atoms with van der Waals surface area (Å²) >= 11 is 0. The number of fused-ring (bicyclic) bond motifs is 2. The average Bonchev–Trinajstić information content (AvgIpc) is 3.02. The number of piperidine rings is 1. The predicted octanol–water partition coefficient (Wildman–Crippen LogP) is 2.46. The van der Waals surface area contributed by atoms with Crippen LogP contribution in [0.5, 0.6) is 0 Å². The molecule has 0 radical (unpaired) electrons. The Hall–Kier alpha value is -0.570. The standard InChI is InChI=1S/C16H28N2O/c1-11(15-9-12-5-6-13(15)8-12)18-16(19)10-14-4-2-3-7-17-14/h11-15,17H,2-10H2,1H3,(H,18,19). The minimum atomic E-state index is 0.259. The number of nitrogens with one attached hydrogen (secondary N) is 2. The van der Waals surface area contributed by atoms with E-state index in [9.17, 15) is 4.79 Å². The quantitative estimate of drug-likeness (QED) is 0.819. The topological polar surface area (TPSA) is 41.1 Å². The van der Waals surface area contributed by atoms with Crippen LogP contribution in [-0.4, -0.2) is 24.5 Å². The second-order valence-electron chi connectivity index (χ2n) is 7.05. The number of carbonyl (C=O) groups is 1. The molecule has 3 aliphatic rings. The lowest BCUT2D eigenvalue weighted by Crippen LogP contribution is -2.44. The highest BCUT2D eigenvalue weighted by Gasteiger charge is 2.42. The van der Waals surface area contributed by atoms with Crippen LogP contribution in [0.3, 0.4) is 0 Å². The van der Waals surface area contributed by atoms with Gasteiger partial charge in [-0.3, -0.25) is 4.79 Å². The zero-order valence-corrected chi connectivity index (χ0v) is 12.2. The second-order valence-corrected chi connectivity index (χ2v) is 7.05. The first kappa shape index (κ1) is 13.4. The summed E-state index contributed by atoms with van der Waals surface area (Å²) in [6, 6.07) is 0.798. The molecule has 3 heteroatoms. The van der Waals surface area contributed by atoms with Crippen LogP contribution in [0.4, 0.5) is 0 Å². The molecule has 3 fully saturated rings. The molecule has 3 rings (SSSR count). The van der Waals surface area contributed by atoms with E-state index in [4.69, 9.17) is 0 Å². The van der Waals surface area contributed by atoms with Gasteiger partial charge in [0.2, 0.25) is 5.91 Å². The van der Waals surface area contributed by atoms with Gasteiger partial charge in [0.05, 0.1) is 0 Å². The second kappa shape index (κ2) is 5.82. The third-order valence-corrected chi connectivity index (χ3v) is 5.67. The fourth-order valence-electron chi connectivity index (χ4n) is 4.65. The van der Waals surface area contributed by atoms with E-state index < -0.39 is 0 Å². The zero-order valence-electron chi connectivity index (χ0n) is 12.2. The lowest BCUT2D eigenvalue weighted by Gasteiger charge is -2.29. The molecule has 1 aliphatic heterocycles. The molecule has 0 aromatic carbocycles. The van der Waals surface area contributed by atoms with Crippen molar-refractivity contribution in [3.8, 4) is 0 Å². The number of amides is 1. The summed E-state index contributed by atoms with van der Waals surface area (Å²) in [6.07, 6.45) is 9.99. The van der Waals surface area contributed by atoms with Crippen LogP contribution >= 0.6 is 0 Å². The van der Waals surface area contributed by atoms with Gasteiger partial charge in [-0.2, -0.15) is 0 Å². The molecule has 5 atom stereocenters. The lowest BCUT2D eigenvalue weighted by molar-refractivity contribution is -0.122. The molecule has 2 saturated carbocycles. The minimum absolute atomic E-state index is 0.259. The first-order chi connectivity index (χ1) is 9.22. The summed E-state index contributed by atoms with van der Waals surface area (Å²) in [5.41, 5.74) is 0. The molecular formula is C16H28N2O. The summed E-state index contributed by atoms with van der Waals surface area (Å²) in [4.78, 5) is 12.1. The molecule has 2 bridgehead atoms. The Balaban J connectivity index is 1.43. The van der Waals surface area contributed by atoms with E-state index in [2.05, 4.69) is 17.6 Å². The largest absolute Gasteiger partial charge is 0.353 e. The number of hydrogen-bond acceptors (Lipinski definition) is 2. The summed E-state index contributed by atoms with van der Waals surface area (Å²) in [5, 5.41) is 6.73. The smallest absolute Gasteiger partial charge is 0.221 e. The van der Waals surface area contributed by atoms with E-state index in [0.717, 1.165) is 30.7 Å². The van der Waals surface area contributed by atoms with E-state index >= 15 is 0 Å². The van der Waals surface area contributed by atoms with E-state index in [1.807, 2.05) is 0 Å². The van der Waals surface area contributed by atoms with Gasteiger partial charge < -0.3 is 10.6 Å². The van der Waals surface area contributed by atoms with Gasteiger partial charge in [0.15, 0.2) is 0 Å². The molecule has 19 heavy (non-hydrogen) atoms. The van der Waals surface area contributed by atoms with Crippen LogP contribution in [0.25, 0.3) is 0 Å². The van der Waals surface area contributed by atoms with Crippen molar-refractivity contribution in [2.24, 2.45) is 17.8 Å². The normalized spacial score (nSPS) is 39.2. The van der Waals surface area contributed by atoms with E-state index in [0.29, 0.717) is 18.5 Å². The maximum atomic E-state index is 12.1. The van der Waals surface area contributed by atoms with Gasteiger partial charge in [-0.25, -0.2) is 0 Å². The van der Waals surface area contributed by atoms with Gasteiger partial charge in [-0.15, -0.1) is 0 Å². The molecule has 1 saturated heterocycles. The summed E-state index contributed by atoms with van der Waals surface area (Å²) in [6.45, 7) is 3.30. The summed E-state index contributed by atoms with van der Waals surface area (Å²) in [7, 11) is 0. The number of carbonyl (C=O) groups excluding carboxylic acids is 1. The average molecular weight is 264 g/mol. The van der Waals surface area contributed by atoms with Gasteiger partial charge in [0, 0.05) is 18.5 Å². The molecule has 0 aromatic heterocycles. The van der Waals surface area contributed by atoms with E-state index in [-0.39, 0.29) is 5.91 Å². The van der Waals surface area contributed by atoms with Crippen molar-refractivity contribution in [1.82, 2.24) is 10.6 Å². The van der Waals surface area contributed by atoms with Crippen molar-refractivity contribution in [1.29, 1.82) is 0 Å². The van der Waals surface area contributed by atoms with Crippen molar-refractivity contribution >= 4 is 5.91 Å². The molecule has 108 valence electrons. The molecular weight excluding hydrogens is 236 g/mol. The zero-order chi connectivity index (χ0) is 13.2. The summed E-state index contributed by atoms with van der Waals surface area (Å²) in [5.74, 6) is 2.87. The Kier molecular flexibility index (Phi) is 4.11. The molecule has 0 aromatic rings. The van der Waals surface area contributed by atoms with Crippen LogP contribution in [0.2, 0.25) is 0 Å². The van der Waals surface area contributed by atoms with E-state index in [1.54, 1.807) is 0 Å². The van der Waals surface area contributed by atoms with Gasteiger partial charge in [0.1, 0.15) is 0 Å². The Morgan fingerprint density at radius 1 is 1.26 bits per heavy atom. The van der Waals surface area contributed by atoms with Crippen LogP contribution in [0.15, 0.2) is 0 Å². The maximum absolute atomic E-state index is 12.1. The van der Waals surface area contributed by atoms with Crippen LogP contribution in [-0.2, 0) is 4.79 Å². The Bertz CT molecular complexity index is 325. The number of hydrogen-bond donors (Lipinski definition) is 2. The van der Waals surface area contributed by atoms with Crippen molar-refractivity contribution in [3.63, 3.8) is 0 Å². The molecule has 1 amide bonds. The van der Waals surface area contributed by atoms with Crippen LogP contribution in [0.1, 0.15) is 58.3 Å². The SMILES string of the molecule is CC(NC(=O)CC1CCCCN1)C1CC2CCC1C2. The van der Waals surface area contributed by atoms with Gasteiger partial charge in [0.25, 0.3) is 0 Å². The first-order valence-corrected chi connectivity index (χ1v) is 8.25. The highest BCUT2D eigenvalue weighted by atomic mass is 16.1. The highest BCUT2D eigenvalue weighted by Crippen LogP contribution is 2.49. The Labute approximate surface area is 116 Å². The van der Waals surface area contributed by atoms with Gasteiger partial charge in [-0.1, -0.05) is 12.8 Å². The molecule has 5 unspecified atom stereocenters. The molecule has 2 N–H and O–H groups in total. The van der Waals surface area contributed by atoms with Crippen molar-refractivity contribution in [2.45, 2.75) is 70.4 Å². The number of rotatable bonds is 4. The molecule has 3 nitrogen and oxygen atoms in total. The third kappa shape index (κ3) is 3.13. The Morgan fingerprint density at radius 3 is 2.79 bits per heavy atom. The van der Waals surface area contributed by atoms with Gasteiger partial charge in [-0.05, 0) is 63.3 Å². The fraction of sp³-hybridized carbons (Fsp3) is 0.938. The molecule has 0 spiro atoms. The van der Waals surface area contributed by atoms with Crippen molar-refractivity contribution in [3.05, 3.63) is 0 Å². The van der Waals surface area contributed by atoms with E-state index in [1.165, 1.54) is 38.5 Å². The van der Waals surface area contributed by atoms with Crippen molar-refractivity contribution < 1.29 is 4.79 Å². The molecule has 2 aliphatic carbocycles. The van der Waals surface area contributed by atoms with Gasteiger partial charge >= 0.3 is 0 Å². The third-order valence-electron chi connectivity index (χ3n) is 5.67. The van der Waals surface area contributed by atoms with Crippen LogP contribution < -0.4 is 10.6 Å². The first-order valence-electron chi connectivity index (χ1n) is 8.25. The summed E-state index contributed by atoms with van der Waals surface area (Å²) < 4.78 is 0.